The maximum Gasteiger partial charge on any atom is 0.192 e. The second-order valence-electron chi connectivity index (χ2n) is 7.51. The molecular formula is C17H35NOSi. The molecule has 0 fully saturated rings. The van der Waals surface area contributed by atoms with E-state index in [-0.39, 0.29) is 11.1 Å². The Bertz CT molecular complexity index is 341. The van der Waals surface area contributed by atoms with Crippen molar-refractivity contribution in [2.24, 2.45) is 17.6 Å². The van der Waals surface area contributed by atoms with Gasteiger partial charge in [-0.15, -0.1) is 6.58 Å². The SMILES string of the molecule is C=CC(C)[C@@H](O[Si](C)(C)C(C)(C)C)[C@H](C)C=C(C)CN. The van der Waals surface area contributed by atoms with Crippen molar-refractivity contribution in [2.45, 2.75) is 65.8 Å². The van der Waals surface area contributed by atoms with Crippen LogP contribution in [-0.4, -0.2) is 21.0 Å². The van der Waals surface area contributed by atoms with Crippen molar-refractivity contribution in [3.63, 3.8) is 0 Å². The monoisotopic (exact) mass is 297 g/mol. The fourth-order valence-electron chi connectivity index (χ4n) is 1.96. The minimum absolute atomic E-state index is 0.176. The first-order chi connectivity index (χ1) is 8.96. The lowest BCUT2D eigenvalue weighted by atomic mass is 9.92. The minimum Gasteiger partial charge on any atom is -0.413 e. The van der Waals surface area contributed by atoms with Crippen LogP contribution >= 0.6 is 0 Å². The zero-order valence-corrected chi connectivity index (χ0v) is 15.8. The Morgan fingerprint density at radius 1 is 1.25 bits per heavy atom. The van der Waals surface area contributed by atoms with E-state index >= 15 is 0 Å². The molecule has 2 N–H and O–H groups in total. The van der Waals surface area contributed by atoms with Gasteiger partial charge in [0.2, 0.25) is 0 Å². The number of hydrogen-bond acceptors (Lipinski definition) is 2. The van der Waals surface area contributed by atoms with Crippen molar-refractivity contribution in [1.82, 2.24) is 0 Å². The Morgan fingerprint density at radius 2 is 1.75 bits per heavy atom. The summed E-state index contributed by atoms with van der Waals surface area (Å²) in [5, 5.41) is 0.221. The van der Waals surface area contributed by atoms with Crippen LogP contribution in [0, 0.1) is 11.8 Å². The summed E-state index contributed by atoms with van der Waals surface area (Å²) in [4.78, 5) is 0. The highest BCUT2D eigenvalue weighted by molar-refractivity contribution is 6.74. The van der Waals surface area contributed by atoms with Gasteiger partial charge in [0.05, 0.1) is 6.10 Å². The van der Waals surface area contributed by atoms with Crippen LogP contribution in [0.5, 0.6) is 0 Å². The second-order valence-corrected chi connectivity index (χ2v) is 12.3. The van der Waals surface area contributed by atoms with Crippen molar-refractivity contribution in [1.29, 1.82) is 0 Å². The fraction of sp³-hybridized carbons (Fsp3) is 0.765. The quantitative estimate of drug-likeness (QED) is 0.544. The minimum atomic E-state index is -1.78. The van der Waals surface area contributed by atoms with Gasteiger partial charge in [0.25, 0.3) is 0 Å². The van der Waals surface area contributed by atoms with Gasteiger partial charge in [-0.25, -0.2) is 0 Å². The van der Waals surface area contributed by atoms with Gasteiger partial charge in [0.1, 0.15) is 0 Å². The van der Waals surface area contributed by atoms with Gasteiger partial charge < -0.3 is 10.2 Å². The zero-order chi connectivity index (χ0) is 16.1. The first-order valence-corrected chi connectivity index (χ1v) is 10.5. The van der Waals surface area contributed by atoms with Crippen LogP contribution in [0.3, 0.4) is 0 Å². The molecule has 0 rings (SSSR count). The molecule has 0 saturated heterocycles. The maximum atomic E-state index is 6.64. The van der Waals surface area contributed by atoms with Gasteiger partial charge in [0, 0.05) is 6.54 Å². The van der Waals surface area contributed by atoms with E-state index in [1.54, 1.807) is 0 Å². The summed E-state index contributed by atoms with van der Waals surface area (Å²) in [7, 11) is -1.78. The summed E-state index contributed by atoms with van der Waals surface area (Å²) >= 11 is 0. The molecule has 0 aromatic heterocycles. The van der Waals surface area contributed by atoms with E-state index < -0.39 is 8.32 Å². The van der Waals surface area contributed by atoms with E-state index in [1.807, 2.05) is 6.08 Å². The molecule has 20 heavy (non-hydrogen) atoms. The summed E-state index contributed by atoms with van der Waals surface area (Å²) in [6.07, 6.45) is 4.42. The van der Waals surface area contributed by atoms with E-state index in [2.05, 4.69) is 67.3 Å². The van der Waals surface area contributed by atoms with Crippen LogP contribution in [0.15, 0.2) is 24.3 Å². The lowest BCUT2D eigenvalue weighted by molar-refractivity contribution is 0.111. The van der Waals surface area contributed by atoms with Gasteiger partial charge >= 0.3 is 0 Å². The Balaban J connectivity index is 5.24. The molecule has 3 atom stereocenters. The fourth-order valence-corrected chi connectivity index (χ4v) is 3.42. The maximum absolute atomic E-state index is 6.64. The van der Waals surface area contributed by atoms with Gasteiger partial charge in [-0.2, -0.15) is 0 Å². The van der Waals surface area contributed by atoms with E-state index in [4.69, 9.17) is 10.2 Å². The van der Waals surface area contributed by atoms with E-state index in [0.717, 1.165) is 0 Å². The molecule has 2 nitrogen and oxygen atoms in total. The molecule has 0 aliphatic heterocycles. The molecule has 0 spiro atoms. The second kappa shape index (κ2) is 7.58. The van der Waals surface area contributed by atoms with E-state index in [1.165, 1.54) is 5.57 Å². The van der Waals surface area contributed by atoms with Crippen molar-refractivity contribution in [2.75, 3.05) is 6.54 Å². The summed E-state index contributed by atoms with van der Waals surface area (Å²) in [5.41, 5.74) is 6.93. The lowest BCUT2D eigenvalue weighted by Crippen LogP contribution is -2.47. The summed E-state index contributed by atoms with van der Waals surface area (Å²) in [6.45, 7) is 22.5. The van der Waals surface area contributed by atoms with Crippen LogP contribution in [0.1, 0.15) is 41.5 Å². The molecule has 3 heteroatoms. The first-order valence-electron chi connectivity index (χ1n) is 7.64. The third-order valence-electron chi connectivity index (χ3n) is 4.51. The number of nitrogens with two attached hydrogens (primary N) is 1. The summed E-state index contributed by atoms with van der Waals surface area (Å²) in [6, 6.07) is 0. The summed E-state index contributed by atoms with van der Waals surface area (Å²) < 4.78 is 6.64. The predicted molar refractivity (Wildman–Crippen MR) is 93.4 cm³/mol. The van der Waals surface area contributed by atoms with Crippen molar-refractivity contribution in [3.8, 4) is 0 Å². The molecular weight excluding hydrogens is 262 g/mol. The standard InChI is InChI=1S/C17H35NOSi/c1-10-14(3)16(15(4)11-13(2)12-18)19-20(8,9)17(5,6)7/h10-11,14-16H,1,12,18H2,2-9H3/t14?,15-,16-/m1/s1. The van der Waals surface area contributed by atoms with E-state index in [9.17, 15) is 0 Å². The van der Waals surface area contributed by atoms with Crippen molar-refractivity contribution < 1.29 is 4.43 Å². The Hall–Kier alpha value is -0.383. The zero-order valence-electron chi connectivity index (χ0n) is 14.8. The average Bonchev–Trinajstić information content (AvgIpc) is 2.33. The van der Waals surface area contributed by atoms with Crippen LogP contribution in [0.4, 0.5) is 0 Å². The molecule has 0 aromatic carbocycles. The molecule has 0 radical (unpaired) electrons. The Labute approximate surface area is 127 Å². The highest BCUT2D eigenvalue weighted by Gasteiger charge is 2.40. The molecule has 0 amide bonds. The van der Waals surface area contributed by atoms with Crippen LogP contribution in [-0.2, 0) is 4.43 Å². The van der Waals surface area contributed by atoms with Crippen LogP contribution in [0.2, 0.25) is 18.1 Å². The number of hydrogen-bond donors (Lipinski definition) is 1. The number of rotatable bonds is 7. The highest BCUT2D eigenvalue weighted by atomic mass is 28.4. The molecule has 0 saturated carbocycles. The average molecular weight is 298 g/mol. The Kier molecular flexibility index (Phi) is 7.43. The summed E-state index contributed by atoms with van der Waals surface area (Å²) in [5.74, 6) is 0.682. The third kappa shape index (κ3) is 5.55. The highest BCUT2D eigenvalue weighted by Crippen LogP contribution is 2.39. The molecule has 0 bridgehead atoms. The van der Waals surface area contributed by atoms with Gasteiger partial charge in [-0.3, -0.25) is 0 Å². The third-order valence-corrected chi connectivity index (χ3v) is 8.99. The first kappa shape index (κ1) is 19.6. The molecule has 0 heterocycles. The largest absolute Gasteiger partial charge is 0.413 e. The van der Waals surface area contributed by atoms with Crippen molar-refractivity contribution in [3.05, 3.63) is 24.3 Å². The van der Waals surface area contributed by atoms with Gasteiger partial charge in [-0.05, 0) is 36.9 Å². The topological polar surface area (TPSA) is 35.2 Å². The molecule has 0 aromatic rings. The van der Waals surface area contributed by atoms with Gasteiger partial charge in [0.15, 0.2) is 8.32 Å². The molecule has 0 aliphatic rings. The van der Waals surface area contributed by atoms with Crippen LogP contribution in [0.25, 0.3) is 0 Å². The molecule has 118 valence electrons. The lowest BCUT2D eigenvalue weighted by Gasteiger charge is -2.42. The van der Waals surface area contributed by atoms with Gasteiger partial charge in [-0.1, -0.05) is 52.3 Å². The smallest absolute Gasteiger partial charge is 0.192 e. The van der Waals surface area contributed by atoms with E-state index in [0.29, 0.717) is 18.4 Å². The van der Waals surface area contributed by atoms with Crippen LogP contribution < -0.4 is 5.73 Å². The predicted octanol–water partition coefficient (Wildman–Crippen LogP) is 4.74. The molecule has 0 aliphatic carbocycles. The molecule has 1 unspecified atom stereocenters. The Morgan fingerprint density at radius 3 is 2.10 bits per heavy atom. The normalized spacial score (nSPS) is 18.6. The van der Waals surface area contributed by atoms with Crippen molar-refractivity contribution >= 4 is 8.32 Å².